The number of rotatable bonds is 2. The Morgan fingerprint density at radius 1 is 0.900 bits per heavy atom. The van der Waals surface area contributed by atoms with E-state index >= 15 is 0 Å². The van der Waals surface area contributed by atoms with E-state index in [2.05, 4.69) is 6.07 Å². The lowest BCUT2D eigenvalue weighted by molar-refractivity contribution is -0.138. The molecule has 0 radical (unpaired) electrons. The molecule has 154 valence electrons. The summed E-state index contributed by atoms with van der Waals surface area (Å²) in [6, 6.07) is 15.3. The monoisotopic (exact) mass is 403 g/mol. The summed E-state index contributed by atoms with van der Waals surface area (Å²) in [5.41, 5.74) is 9.17. The van der Waals surface area contributed by atoms with Gasteiger partial charge in [-0.05, 0) is 42.0 Å². The van der Waals surface area contributed by atoms with Crippen LogP contribution in [0.15, 0.2) is 48.5 Å². The van der Waals surface area contributed by atoms with Crippen molar-refractivity contribution in [2.24, 2.45) is 11.7 Å². The van der Waals surface area contributed by atoms with E-state index in [0.717, 1.165) is 17.5 Å². The van der Waals surface area contributed by atoms with Gasteiger partial charge < -0.3 is 15.5 Å². The first-order chi connectivity index (χ1) is 14.6. The van der Waals surface area contributed by atoms with Crippen molar-refractivity contribution in [2.75, 3.05) is 19.6 Å². The summed E-state index contributed by atoms with van der Waals surface area (Å²) in [4.78, 5) is 42.4. The fourth-order valence-corrected chi connectivity index (χ4v) is 5.32. The third-order valence-electron chi connectivity index (χ3n) is 6.91. The molecule has 1 fully saturated rings. The molecule has 2 aromatic carbocycles. The summed E-state index contributed by atoms with van der Waals surface area (Å²) in [6.07, 6.45) is 1.99. The lowest BCUT2D eigenvalue weighted by Crippen LogP contribution is -2.52. The minimum absolute atomic E-state index is 0.00147. The van der Waals surface area contributed by atoms with Crippen LogP contribution in [-0.2, 0) is 16.0 Å². The average molecular weight is 403 g/mol. The molecule has 0 spiro atoms. The number of primary amides is 1. The molecular weight excluding hydrogens is 378 g/mol. The van der Waals surface area contributed by atoms with Gasteiger partial charge in [0.05, 0.1) is 12.0 Å². The molecule has 0 bridgehead atoms. The number of piperidine rings is 1. The number of fused-ring (bicyclic) bond motifs is 4. The maximum Gasteiger partial charge on any atom is 0.254 e. The van der Waals surface area contributed by atoms with E-state index in [1.165, 1.54) is 5.56 Å². The first-order valence-electron chi connectivity index (χ1n) is 10.6. The van der Waals surface area contributed by atoms with Crippen molar-refractivity contribution in [3.63, 3.8) is 0 Å². The van der Waals surface area contributed by atoms with Crippen molar-refractivity contribution in [3.05, 3.63) is 70.8 Å². The number of carbonyl (C=O) groups excluding carboxylic acids is 3. The van der Waals surface area contributed by atoms with E-state index in [1.54, 1.807) is 0 Å². The fourth-order valence-electron chi connectivity index (χ4n) is 5.32. The van der Waals surface area contributed by atoms with Crippen molar-refractivity contribution in [3.8, 4) is 0 Å². The minimum Gasteiger partial charge on any atom is -0.369 e. The number of hydrogen-bond acceptors (Lipinski definition) is 3. The van der Waals surface area contributed by atoms with Gasteiger partial charge >= 0.3 is 0 Å². The molecule has 2 atom stereocenters. The van der Waals surface area contributed by atoms with Crippen molar-refractivity contribution in [1.82, 2.24) is 9.80 Å². The van der Waals surface area contributed by atoms with Crippen molar-refractivity contribution < 1.29 is 14.4 Å². The van der Waals surface area contributed by atoms with Crippen molar-refractivity contribution in [1.29, 1.82) is 0 Å². The molecule has 5 rings (SSSR count). The van der Waals surface area contributed by atoms with E-state index in [0.29, 0.717) is 38.0 Å². The zero-order valence-electron chi connectivity index (χ0n) is 16.8. The van der Waals surface area contributed by atoms with Crippen LogP contribution in [-0.4, -0.2) is 47.2 Å². The molecule has 3 aliphatic heterocycles. The Kier molecular flexibility index (Phi) is 4.57. The summed E-state index contributed by atoms with van der Waals surface area (Å²) >= 11 is 0. The average Bonchev–Trinajstić information content (AvgIpc) is 2.79. The summed E-state index contributed by atoms with van der Waals surface area (Å²) in [5.74, 6) is -0.860. The van der Waals surface area contributed by atoms with Crippen LogP contribution >= 0.6 is 0 Å². The van der Waals surface area contributed by atoms with Crippen LogP contribution in [0.25, 0.3) is 0 Å². The Balaban J connectivity index is 1.56. The molecule has 2 aromatic rings. The number of carbonyl (C=O) groups is 3. The second-order valence-corrected chi connectivity index (χ2v) is 8.46. The third-order valence-corrected chi connectivity index (χ3v) is 6.91. The summed E-state index contributed by atoms with van der Waals surface area (Å²) in [7, 11) is 0. The molecule has 2 N–H and O–H groups in total. The van der Waals surface area contributed by atoms with Crippen molar-refractivity contribution >= 4 is 17.7 Å². The Morgan fingerprint density at radius 2 is 1.57 bits per heavy atom. The molecule has 1 saturated heterocycles. The van der Waals surface area contributed by atoms with Crippen LogP contribution in [0.2, 0.25) is 0 Å². The largest absolute Gasteiger partial charge is 0.369 e. The van der Waals surface area contributed by atoms with Crippen LogP contribution in [0, 0.1) is 5.92 Å². The summed E-state index contributed by atoms with van der Waals surface area (Å²) < 4.78 is 0. The number of benzene rings is 2. The maximum atomic E-state index is 13.8. The number of likely N-dealkylation sites (tertiary alicyclic amines) is 1. The smallest absolute Gasteiger partial charge is 0.254 e. The van der Waals surface area contributed by atoms with Crippen LogP contribution in [0.4, 0.5) is 0 Å². The summed E-state index contributed by atoms with van der Waals surface area (Å²) in [6.45, 7) is 1.66. The molecule has 6 heteroatoms. The first-order valence-corrected chi connectivity index (χ1v) is 10.6. The van der Waals surface area contributed by atoms with Gasteiger partial charge in [-0.15, -0.1) is 0 Å². The van der Waals surface area contributed by atoms with Gasteiger partial charge in [-0.1, -0.05) is 42.5 Å². The van der Waals surface area contributed by atoms with Crippen LogP contribution < -0.4 is 5.73 Å². The van der Waals surface area contributed by atoms with E-state index in [1.807, 2.05) is 52.3 Å². The van der Waals surface area contributed by atoms with Gasteiger partial charge in [0.2, 0.25) is 11.8 Å². The normalized spacial score (nSPS) is 23.4. The number of nitrogens with two attached hydrogens (primary N) is 1. The van der Waals surface area contributed by atoms with Crippen LogP contribution in [0.3, 0.4) is 0 Å². The summed E-state index contributed by atoms with van der Waals surface area (Å²) in [5, 5.41) is 0. The predicted molar refractivity (Wildman–Crippen MR) is 112 cm³/mol. The standard InChI is InChI=1S/C24H25N3O3/c25-22(28)16-9-12-26(13-10-16)24(30)20-18-7-3-4-8-19(18)23(29)27-14-11-15-5-1-2-6-17(15)21(20)27/h1-8,16,20-21H,9-14H2,(H2,25,28)/t20-,21+/m1/s1. The number of hydrogen-bond donors (Lipinski definition) is 1. The third kappa shape index (κ3) is 2.90. The van der Waals surface area contributed by atoms with Gasteiger partial charge in [-0.25, -0.2) is 0 Å². The highest BCUT2D eigenvalue weighted by atomic mass is 16.2. The van der Waals surface area contributed by atoms with Gasteiger partial charge in [0, 0.05) is 31.1 Å². The molecular formula is C24H25N3O3. The maximum absolute atomic E-state index is 13.8. The lowest BCUT2D eigenvalue weighted by Gasteiger charge is -2.46. The quantitative estimate of drug-likeness (QED) is 0.835. The lowest BCUT2D eigenvalue weighted by atomic mass is 9.75. The van der Waals surface area contributed by atoms with Gasteiger partial charge in [0.25, 0.3) is 5.91 Å². The molecule has 0 aliphatic carbocycles. The molecule has 3 heterocycles. The molecule has 0 saturated carbocycles. The van der Waals surface area contributed by atoms with Crippen LogP contribution in [0.1, 0.15) is 51.8 Å². The van der Waals surface area contributed by atoms with Crippen molar-refractivity contribution in [2.45, 2.75) is 31.2 Å². The van der Waals surface area contributed by atoms with Gasteiger partial charge in [-0.2, -0.15) is 0 Å². The molecule has 3 aliphatic rings. The highest BCUT2D eigenvalue weighted by Crippen LogP contribution is 2.46. The van der Waals surface area contributed by atoms with Gasteiger partial charge in [0.1, 0.15) is 0 Å². The molecule has 3 amide bonds. The Morgan fingerprint density at radius 3 is 2.30 bits per heavy atom. The number of amides is 3. The highest BCUT2D eigenvalue weighted by Gasteiger charge is 2.47. The van der Waals surface area contributed by atoms with E-state index < -0.39 is 5.92 Å². The van der Waals surface area contributed by atoms with E-state index in [-0.39, 0.29) is 29.7 Å². The molecule has 0 unspecified atom stereocenters. The van der Waals surface area contributed by atoms with Crippen LogP contribution in [0.5, 0.6) is 0 Å². The van der Waals surface area contributed by atoms with Gasteiger partial charge in [0.15, 0.2) is 0 Å². The Bertz CT molecular complexity index is 1030. The molecule has 0 aromatic heterocycles. The van der Waals surface area contributed by atoms with Gasteiger partial charge in [-0.3, -0.25) is 14.4 Å². The fraction of sp³-hybridized carbons (Fsp3) is 0.375. The Labute approximate surface area is 175 Å². The van der Waals surface area contributed by atoms with E-state index in [9.17, 15) is 14.4 Å². The SMILES string of the molecule is NC(=O)C1CCN(C(=O)[C@@H]2c3ccccc3C(=O)N3CCc4ccccc4[C@@H]23)CC1. The highest BCUT2D eigenvalue weighted by molar-refractivity contribution is 6.01. The second kappa shape index (κ2) is 7.27. The topological polar surface area (TPSA) is 83.7 Å². The zero-order chi connectivity index (χ0) is 20.8. The molecule has 30 heavy (non-hydrogen) atoms. The Hall–Kier alpha value is -3.15. The minimum atomic E-state index is -0.439. The predicted octanol–water partition coefficient (Wildman–Crippen LogP) is 2.25. The van der Waals surface area contributed by atoms with E-state index in [4.69, 9.17) is 5.73 Å². The zero-order valence-corrected chi connectivity index (χ0v) is 16.8. The second-order valence-electron chi connectivity index (χ2n) is 8.46. The first kappa shape index (κ1) is 18.9. The molecule has 6 nitrogen and oxygen atoms in total. The number of nitrogens with zero attached hydrogens (tertiary/aromatic N) is 2.